The first-order chi connectivity index (χ1) is 9.08. The first kappa shape index (κ1) is 15.1. The van der Waals surface area contributed by atoms with Gasteiger partial charge in [-0.3, -0.25) is 0 Å². The molecule has 0 radical (unpaired) electrons. The van der Waals surface area contributed by atoms with E-state index in [0.29, 0.717) is 30.4 Å². The van der Waals surface area contributed by atoms with Crippen molar-refractivity contribution in [1.82, 2.24) is 5.32 Å². The lowest BCUT2D eigenvalue weighted by Crippen LogP contribution is -2.19. The van der Waals surface area contributed by atoms with E-state index in [4.69, 9.17) is 10.4 Å². The summed E-state index contributed by atoms with van der Waals surface area (Å²) < 4.78 is 12.8. The molecule has 0 heterocycles. The van der Waals surface area contributed by atoms with Crippen molar-refractivity contribution in [2.24, 2.45) is 0 Å². The number of nitrogens with zero attached hydrogens (tertiary/aromatic N) is 1. The summed E-state index contributed by atoms with van der Waals surface area (Å²) in [7, 11) is 0. The van der Waals surface area contributed by atoms with E-state index in [2.05, 4.69) is 5.32 Å². The molecule has 6 heteroatoms. The zero-order chi connectivity index (χ0) is 14.3. The van der Waals surface area contributed by atoms with Crippen LogP contribution in [0, 0.1) is 16.5 Å². The molecule has 0 atom stereocenters. The Morgan fingerprint density at radius 1 is 1.47 bits per heavy atom. The number of aliphatic carboxylic acids is 1. The van der Waals surface area contributed by atoms with Gasteiger partial charge in [-0.15, -0.1) is 0 Å². The molecular formula is C13H13FN2O2S. The van der Waals surface area contributed by atoms with E-state index in [9.17, 15) is 9.18 Å². The Labute approximate surface area is 114 Å². The van der Waals surface area contributed by atoms with Crippen LogP contribution in [0.2, 0.25) is 0 Å². The number of allylic oxidation sites excluding steroid dienone is 1. The third kappa shape index (κ3) is 4.64. The highest BCUT2D eigenvalue weighted by molar-refractivity contribution is 8.08. The summed E-state index contributed by atoms with van der Waals surface area (Å²) in [6.07, 6.45) is 0.310. The SMILES string of the molecule is CCN/C(Cc1ccc(F)cc1)=C(/SC#N)C(=O)O. The van der Waals surface area contributed by atoms with Gasteiger partial charge in [0, 0.05) is 18.7 Å². The fourth-order valence-corrected chi connectivity index (χ4v) is 1.97. The van der Waals surface area contributed by atoms with Crippen LogP contribution in [-0.4, -0.2) is 17.6 Å². The Bertz CT molecular complexity index is 520. The summed E-state index contributed by atoms with van der Waals surface area (Å²) in [5, 5.41) is 22.4. The first-order valence-corrected chi connectivity index (χ1v) is 6.40. The van der Waals surface area contributed by atoms with Crippen LogP contribution in [-0.2, 0) is 11.2 Å². The molecule has 19 heavy (non-hydrogen) atoms. The molecule has 1 aromatic carbocycles. The Balaban J connectivity index is 3.05. The van der Waals surface area contributed by atoms with Gasteiger partial charge < -0.3 is 10.4 Å². The van der Waals surface area contributed by atoms with Crippen molar-refractivity contribution >= 4 is 17.7 Å². The van der Waals surface area contributed by atoms with Crippen molar-refractivity contribution < 1.29 is 14.3 Å². The normalized spacial score (nSPS) is 11.4. The molecule has 4 nitrogen and oxygen atoms in total. The summed E-state index contributed by atoms with van der Waals surface area (Å²) >= 11 is 0.604. The molecule has 0 saturated heterocycles. The minimum atomic E-state index is -1.15. The summed E-state index contributed by atoms with van der Waals surface area (Å²) in [6.45, 7) is 2.38. The van der Waals surface area contributed by atoms with E-state index in [1.165, 1.54) is 12.1 Å². The maximum Gasteiger partial charge on any atom is 0.345 e. The van der Waals surface area contributed by atoms with Crippen LogP contribution in [0.25, 0.3) is 0 Å². The highest BCUT2D eigenvalue weighted by Crippen LogP contribution is 2.20. The number of hydrogen-bond donors (Lipinski definition) is 2. The standard InChI is InChI=1S/C13H13FN2O2S/c1-2-16-11(12(13(17)18)19-8-15)7-9-3-5-10(14)6-4-9/h3-6,16H,2,7H2,1H3,(H,17,18)/b12-11+. The molecular weight excluding hydrogens is 267 g/mol. The number of rotatable bonds is 6. The number of likely N-dealkylation sites (N-methyl/N-ethyl adjacent to an activating group) is 1. The van der Waals surface area contributed by atoms with Gasteiger partial charge in [0.25, 0.3) is 0 Å². The Morgan fingerprint density at radius 3 is 2.58 bits per heavy atom. The van der Waals surface area contributed by atoms with Crippen molar-refractivity contribution in [1.29, 1.82) is 5.26 Å². The fraction of sp³-hybridized carbons (Fsp3) is 0.231. The van der Waals surface area contributed by atoms with E-state index in [-0.39, 0.29) is 10.7 Å². The Morgan fingerprint density at radius 2 is 2.11 bits per heavy atom. The van der Waals surface area contributed by atoms with Crippen LogP contribution in [0.1, 0.15) is 12.5 Å². The zero-order valence-electron chi connectivity index (χ0n) is 10.3. The number of hydrogen-bond acceptors (Lipinski definition) is 4. The number of carboxylic acids is 1. The van der Waals surface area contributed by atoms with E-state index in [1.807, 2.05) is 6.92 Å². The molecule has 2 N–H and O–H groups in total. The van der Waals surface area contributed by atoms with E-state index < -0.39 is 5.97 Å². The predicted octanol–water partition coefficient (Wildman–Crippen LogP) is 2.49. The average Bonchev–Trinajstić information content (AvgIpc) is 2.38. The van der Waals surface area contributed by atoms with Gasteiger partial charge in [0.2, 0.25) is 0 Å². The second kappa shape index (κ2) is 7.44. The summed E-state index contributed by atoms with van der Waals surface area (Å²) in [5.41, 5.74) is 1.22. The molecule has 0 aromatic heterocycles. The van der Waals surface area contributed by atoms with E-state index in [0.717, 1.165) is 5.56 Å². The van der Waals surface area contributed by atoms with Crippen molar-refractivity contribution in [3.63, 3.8) is 0 Å². The maximum absolute atomic E-state index is 12.8. The Kier molecular flexibility index (Phi) is 5.90. The van der Waals surface area contributed by atoms with E-state index in [1.54, 1.807) is 17.5 Å². The third-order valence-corrected chi connectivity index (χ3v) is 3.02. The number of thiocyanates is 1. The number of thioether (sulfide) groups is 1. The van der Waals surface area contributed by atoms with Crippen molar-refractivity contribution in [3.05, 3.63) is 46.2 Å². The van der Waals surface area contributed by atoms with Gasteiger partial charge in [0.1, 0.15) is 16.1 Å². The summed E-state index contributed by atoms with van der Waals surface area (Å²) in [5.74, 6) is -1.49. The summed E-state index contributed by atoms with van der Waals surface area (Å²) in [4.78, 5) is 11.1. The molecule has 0 amide bonds. The topological polar surface area (TPSA) is 73.1 Å². The van der Waals surface area contributed by atoms with Crippen LogP contribution in [0.5, 0.6) is 0 Å². The largest absolute Gasteiger partial charge is 0.477 e. The maximum atomic E-state index is 12.8. The number of benzene rings is 1. The number of carbonyl (C=O) groups is 1. The minimum Gasteiger partial charge on any atom is -0.477 e. The highest BCUT2D eigenvalue weighted by Gasteiger charge is 2.15. The lowest BCUT2D eigenvalue weighted by Gasteiger charge is -2.12. The van der Waals surface area contributed by atoms with Crippen LogP contribution < -0.4 is 5.32 Å². The lowest BCUT2D eigenvalue weighted by atomic mass is 10.1. The molecule has 0 spiro atoms. The van der Waals surface area contributed by atoms with Gasteiger partial charge >= 0.3 is 5.97 Å². The van der Waals surface area contributed by atoms with Crippen LogP contribution >= 0.6 is 11.8 Å². The average molecular weight is 280 g/mol. The molecule has 0 saturated carbocycles. The monoisotopic (exact) mass is 280 g/mol. The molecule has 0 aliphatic carbocycles. The molecule has 0 unspecified atom stereocenters. The van der Waals surface area contributed by atoms with Gasteiger partial charge in [-0.05, 0) is 36.4 Å². The molecule has 0 fully saturated rings. The number of carboxylic acid groups (broad SMARTS) is 1. The molecule has 0 aliphatic rings. The van der Waals surface area contributed by atoms with E-state index >= 15 is 0 Å². The van der Waals surface area contributed by atoms with Crippen LogP contribution in [0.15, 0.2) is 34.9 Å². The molecule has 0 bridgehead atoms. The van der Waals surface area contributed by atoms with Gasteiger partial charge in [-0.25, -0.2) is 9.18 Å². The second-order valence-electron chi connectivity index (χ2n) is 3.64. The minimum absolute atomic E-state index is 0.0336. The first-order valence-electron chi connectivity index (χ1n) is 5.59. The van der Waals surface area contributed by atoms with Gasteiger partial charge in [-0.2, -0.15) is 5.26 Å². The van der Waals surface area contributed by atoms with Gasteiger partial charge in [0.15, 0.2) is 0 Å². The Hall–Kier alpha value is -2.00. The zero-order valence-corrected chi connectivity index (χ0v) is 11.1. The number of nitriles is 1. The fourth-order valence-electron chi connectivity index (χ4n) is 1.52. The van der Waals surface area contributed by atoms with Crippen molar-refractivity contribution in [2.45, 2.75) is 13.3 Å². The lowest BCUT2D eigenvalue weighted by molar-refractivity contribution is -0.131. The van der Waals surface area contributed by atoms with Crippen molar-refractivity contribution in [2.75, 3.05) is 6.54 Å². The number of nitrogens with one attached hydrogen (secondary N) is 1. The molecule has 1 rings (SSSR count). The molecule has 1 aromatic rings. The predicted molar refractivity (Wildman–Crippen MR) is 71.6 cm³/mol. The van der Waals surface area contributed by atoms with Crippen molar-refractivity contribution in [3.8, 4) is 5.40 Å². The quantitative estimate of drug-likeness (QED) is 0.618. The smallest absolute Gasteiger partial charge is 0.345 e. The second-order valence-corrected chi connectivity index (χ2v) is 4.43. The van der Waals surface area contributed by atoms with Gasteiger partial charge in [-0.1, -0.05) is 12.1 Å². The van der Waals surface area contributed by atoms with Crippen LogP contribution in [0.3, 0.4) is 0 Å². The van der Waals surface area contributed by atoms with Gasteiger partial charge in [0.05, 0.1) is 0 Å². The van der Waals surface area contributed by atoms with Crippen LogP contribution in [0.4, 0.5) is 4.39 Å². The number of halogens is 1. The summed E-state index contributed by atoms with van der Waals surface area (Å²) in [6, 6.07) is 5.81. The molecule has 0 aliphatic heterocycles. The highest BCUT2D eigenvalue weighted by atomic mass is 32.2. The third-order valence-electron chi connectivity index (χ3n) is 2.30. The molecule has 100 valence electrons.